The smallest absolute Gasteiger partial charge is 0.414 e. The first-order valence-corrected chi connectivity index (χ1v) is 10.3. The van der Waals surface area contributed by atoms with Crippen LogP contribution >= 0.6 is 0 Å². The van der Waals surface area contributed by atoms with E-state index in [1.54, 1.807) is 17.0 Å². The molecule has 0 radical (unpaired) electrons. The highest BCUT2D eigenvalue weighted by Crippen LogP contribution is 2.58. The fraction of sp³-hybridized carbons (Fsp3) is 0.524. The van der Waals surface area contributed by atoms with Gasteiger partial charge in [0.2, 0.25) is 17.7 Å². The minimum Gasteiger partial charge on any atom is -0.442 e. The van der Waals surface area contributed by atoms with Gasteiger partial charge < -0.3 is 20.3 Å². The van der Waals surface area contributed by atoms with Gasteiger partial charge in [0.25, 0.3) is 0 Å². The van der Waals surface area contributed by atoms with Gasteiger partial charge in [-0.1, -0.05) is 6.07 Å². The average Bonchev–Trinajstić information content (AvgIpc) is 3.03. The molecule has 4 amide bonds. The number of amides is 4. The first-order valence-electron chi connectivity index (χ1n) is 10.3. The van der Waals surface area contributed by atoms with Gasteiger partial charge in [0.1, 0.15) is 11.9 Å². The van der Waals surface area contributed by atoms with Crippen LogP contribution in [0.15, 0.2) is 18.2 Å². The zero-order valence-electron chi connectivity index (χ0n) is 17.4. The number of piperidine rings is 1. The van der Waals surface area contributed by atoms with Crippen molar-refractivity contribution in [3.63, 3.8) is 0 Å². The number of ether oxygens (including phenoxy) is 1. The molecule has 2 saturated heterocycles. The first-order chi connectivity index (χ1) is 14.7. The normalized spacial score (nSPS) is 26.4. The minimum absolute atomic E-state index is 0.0165. The van der Waals surface area contributed by atoms with Gasteiger partial charge in [0.15, 0.2) is 0 Å². The third-order valence-electron chi connectivity index (χ3n) is 6.14. The summed E-state index contributed by atoms with van der Waals surface area (Å²) in [5.41, 5.74) is 1.00. The van der Waals surface area contributed by atoms with Crippen LogP contribution in [0.2, 0.25) is 0 Å². The van der Waals surface area contributed by atoms with Crippen molar-refractivity contribution in [3.8, 4) is 0 Å². The van der Waals surface area contributed by atoms with Crippen LogP contribution in [0.3, 0.4) is 0 Å². The number of cyclic esters (lactones) is 1. The molecule has 4 atom stereocenters. The maximum Gasteiger partial charge on any atom is 0.414 e. The number of benzene rings is 1. The number of carbonyl (C=O) groups excluding carboxylic acids is 4. The minimum atomic E-state index is -0.570. The van der Waals surface area contributed by atoms with Gasteiger partial charge in [-0.15, -0.1) is 0 Å². The Balaban J connectivity index is 1.35. The van der Waals surface area contributed by atoms with Gasteiger partial charge in [-0.05, 0) is 35.4 Å². The zero-order chi connectivity index (χ0) is 22.3. The van der Waals surface area contributed by atoms with E-state index in [0.717, 1.165) is 0 Å². The largest absolute Gasteiger partial charge is 0.442 e. The van der Waals surface area contributed by atoms with Crippen LogP contribution < -0.4 is 15.5 Å². The Kier molecular flexibility index (Phi) is 5.55. The van der Waals surface area contributed by atoms with Crippen LogP contribution in [0, 0.1) is 17.7 Å². The second-order valence-corrected chi connectivity index (χ2v) is 8.32. The van der Waals surface area contributed by atoms with Crippen molar-refractivity contribution in [2.24, 2.45) is 11.8 Å². The fourth-order valence-corrected chi connectivity index (χ4v) is 4.55. The van der Waals surface area contributed by atoms with Crippen molar-refractivity contribution in [1.29, 1.82) is 0 Å². The average molecular weight is 432 g/mol. The van der Waals surface area contributed by atoms with E-state index in [9.17, 15) is 23.6 Å². The number of hydrogen-bond acceptors (Lipinski definition) is 5. The number of likely N-dealkylation sites (tertiary alicyclic amines) is 1. The molecule has 1 saturated carbocycles. The summed E-state index contributed by atoms with van der Waals surface area (Å²) in [6.45, 7) is 4.28. The molecule has 31 heavy (non-hydrogen) atoms. The highest BCUT2D eigenvalue weighted by molar-refractivity contribution is 5.90. The molecule has 3 aliphatic rings. The second kappa shape index (κ2) is 8.16. The topological polar surface area (TPSA) is 108 Å². The number of nitrogens with one attached hydrogen (secondary N) is 2. The molecule has 4 rings (SSSR count). The summed E-state index contributed by atoms with van der Waals surface area (Å²) in [4.78, 5) is 49.3. The van der Waals surface area contributed by atoms with Crippen LogP contribution in [0.4, 0.5) is 14.9 Å². The van der Waals surface area contributed by atoms with Crippen LogP contribution in [0.25, 0.3) is 0 Å². The van der Waals surface area contributed by atoms with E-state index in [4.69, 9.17) is 4.74 Å². The van der Waals surface area contributed by atoms with Gasteiger partial charge in [0, 0.05) is 26.9 Å². The van der Waals surface area contributed by atoms with E-state index in [2.05, 4.69) is 10.6 Å². The molecule has 2 N–H and O–H groups in total. The summed E-state index contributed by atoms with van der Waals surface area (Å²) in [6, 6.07) is 4.74. The monoisotopic (exact) mass is 432 g/mol. The van der Waals surface area contributed by atoms with E-state index in [1.165, 1.54) is 24.8 Å². The highest BCUT2D eigenvalue weighted by atomic mass is 19.1. The first kappa shape index (κ1) is 21.1. The lowest BCUT2D eigenvalue weighted by molar-refractivity contribution is -0.132. The summed E-state index contributed by atoms with van der Waals surface area (Å²) in [6.07, 6.45) is -1.05. The van der Waals surface area contributed by atoms with E-state index in [-0.39, 0.29) is 60.9 Å². The molecule has 0 spiro atoms. The Hall–Kier alpha value is -3.17. The lowest BCUT2D eigenvalue weighted by Gasteiger charge is -2.20. The molecule has 3 fully saturated rings. The standard InChI is InChI=1S/C21H25FN4O5/c1-11(27)23-6-14-8-26(21(30)31-14)13-3-4-15(18(22)5-13)20-16-9-25(10-17(16)20)19(29)7-24-12(2)28/h3-5,14,16-17,20H,6-10H2,1-2H3,(H,23,27)(H,24,28)/t14-,16-,17+,20?/m0/s1. The molecule has 0 aromatic heterocycles. The van der Waals surface area contributed by atoms with Gasteiger partial charge in [-0.3, -0.25) is 19.3 Å². The molecular formula is C21H25FN4O5. The van der Waals surface area contributed by atoms with Gasteiger partial charge >= 0.3 is 6.09 Å². The van der Waals surface area contributed by atoms with Crippen LogP contribution in [-0.4, -0.2) is 67.5 Å². The third kappa shape index (κ3) is 4.33. The van der Waals surface area contributed by atoms with Crippen LogP contribution in [0.1, 0.15) is 25.3 Å². The maximum absolute atomic E-state index is 14.9. The van der Waals surface area contributed by atoms with Gasteiger partial charge in [0.05, 0.1) is 25.3 Å². The Morgan fingerprint density at radius 1 is 1.10 bits per heavy atom. The predicted molar refractivity (Wildman–Crippen MR) is 108 cm³/mol. The van der Waals surface area contributed by atoms with Gasteiger partial charge in [-0.2, -0.15) is 0 Å². The summed E-state index contributed by atoms with van der Waals surface area (Å²) in [5, 5.41) is 5.11. The van der Waals surface area contributed by atoms with E-state index >= 15 is 0 Å². The van der Waals surface area contributed by atoms with E-state index in [0.29, 0.717) is 24.3 Å². The molecule has 166 valence electrons. The number of anilines is 1. The van der Waals surface area contributed by atoms with Crippen molar-refractivity contribution < 1.29 is 28.3 Å². The number of halogens is 1. The lowest BCUT2D eigenvalue weighted by atomic mass is 10.0. The quantitative estimate of drug-likeness (QED) is 0.684. The Morgan fingerprint density at radius 3 is 2.39 bits per heavy atom. The molecule has 1 aromatic carbocycles. The van der Waals surface area contributed by atoms with E-state index < -0.39 is 12.2 Å². The van der Waals surface area contributed by atoms with Crippen molar-refractivity contribution >= 4 is 29.5 Å². The number of fused-ring (bicyclic) bond motifs is 1. The number of nitrogens with zero attached hydrogens (tertiary/aromatic N) is 2. The number of hydrogen-bond donors (Lipinski definition) is 2. The second-order valence-electron chi connectivity index (χ2n) is 8.32. The van der Waals surface area contributed by atoms with Crippen molar-refractivity contribution in [2.75, 3.05) is 37.6 Å². The van der Waals surface area contributed by atoms with Crippen molar-refractivity contribution in [3.05, 3.63) is 29.6 Å². The summed E-state index contributed by atoms with van der Waals surface area (Å²) >= 11 is 0. The molecule has 9 nitrogen and oxygen atoms in total. The van der Waals surface area contributed by atoms with Crippen LogP contribution in [-0.2, 0) is 19.1 Å². The predicted octanol–water partition coefficient (Wildman–Crippen LogP) is 0.595. The summed E-state index contributed by atoms with van der Waals surface area (Å²) in [5.74, 6) is -0.501. The summed E-state index contributed by atoms with van der Waals surface area (Å²) in [7, 11) is 0. The summed E-state index contributed by atoms with van der Waals surface area (Å²) < 4.78 is 20.1. The molecule has 2 aliphatic heterocycles. The van der Waals surface area contributed by atoms with E-state index in [1.807, 2.05) is 0 Å². The molecule has 1 aliphatic carbocycles. The molecule has 1 unspecified atom stereocenters. The molecule has 1 aromatic rings. The Labute approximate surface area is 178 Å². The zero-order valence-corrected chi connectivity index (χ0v) is 17.4. The van der Waals surface area contributed by atoms with Gasteiger partial charge in [-0.25, -0.2) is 9.18 Å². The number of rotatable bonds is 6. The maximum atomic E-state index is 14.9. The molecule has 0 bridgehead atoms. The molecule has 10 heteroatoms. The van der Waals surface area contributed by atoms with Crippen molar-refractivity contribution in [2.45, 2.75) is 25.9 Å². The number of carbonyl (C=O) groups is 4. The molecule has 2 heterocycles. The highest BCUT2D eigenvalue weighted by Gasteiger charge is 2.57. The van der Waals surface area contributed by atoms with Crippen molar-refractivity contribution in [1.82, 2.24) is 15.5 Å². The van der Waals surface area contributed by atoms with Crippen LogP contribution in [0.5, 0.6) is 0 Å². The SMILES string of the molecule is CC(=O)NCC(=O)N1C[C@@H]2C(c3ccc(N4C[C@H](CNC(C)=O)OC4=O)cc3F)[C@@H]2C1. The Bertz CT molecular complexity index is 926. The third-order valence-corrected chi connectivity index (χ3v) is 6.14. The molecular weight excluding hydrogens is 407 g/mol. The fourth-order valence-electron chi connectivity index (χ4n) is 4.55. The lowest BCUT2D eigenvalue weighted by Crippen LogP contribution is -2.39. The Morgan fingerprint density at radius 2 is 1.77 bits per heavy atom.